The maximum atomic E-state index is 15.7. The number of aromatic nitrogens is 3. The fourth-order valence-corrected chi connectivity index (χ4v) is 34.9. The summed E-state index contributed by atoms with van der Waals surface area (Å²) in [6, 6.07) is 189. The fourth-order valence-electron chi connectivity index (χ4n) is 25.8. The summed E-state index contributed by atoms with van der Waals surface area (Å²) in [6.07, 6.45) is 0. The van der Waals surface area contributed by atoms with Crippen molar-refractivity contribution >= 4 is 221 Å². The molecule has 0 aliphatic carbocycles. The third-order valence-corrected chi connectivity index (χ3v) is 41.3. The monoisotopic (exact) mass is 1950 g/mol. The molecule has 6 nitrogen and oxygen atoms in total. The zero-order valence-corrected chi connectivity index (χ0v) is 83.4. The quantitative estimate of drug-likeness (QED) is 0.107. The van der Waals surface area contributed by atoms with Crippen molar-refractivity contribution in [3.05, 3.63) is 534 Å². The molecule has 3 aromatic heterocycles. The van der Waals surface area contributed by atoms with Crippen molar-refractivity contribution in [3.63, 3.8) is 0 Å². The van der Waals surface area contributed by atoms with Crippen LogP contribution in [0.25, 0.3) is 235 Å². The molecule has 0 radical (unpaired) electrons. The Hall–Kier alpha value is -18.1. The Balaban J connectivity index is 0.000000103. The third kappa shape index (κ3) is 12.5. The molecule has 32 rings (SSSR count). The lowest BCUT2D eigenvalue weighted by molar-refractivity contribution is 0.592. The topological polar surface area (TPSA) is 66.0 Å². The number of nitrogens with zero attached hydrogens (tertiary/aromatic N) is 3. The molecule has 149 heavy (non-hydrogen) atoms. The SMILES string of the molecule is O=P1(c2ccccc2)c2ccccc2-c2c1ccc1c3ccccc3n(-c3c4ccccc4c(-c4ccc5ccccc5c4)c4ccccc34)c21.O=P1(c2ccccc2)c2ccccc2-c2c1ccc1c3ccccc3n(-c3c4ccccc4c(-c4cccc5ccccc45)c4ccccc34)c21.O=P1(c2ccccc2)c2ccccc2-c2c1ccc1c3ccccc3n(-c3c4ccccc4c(-c4ccccc4)c4ccccc34)c21. The molecule has 0 amide bonds. The minimum absolute atomic E-state index is 0.869. The van der Waals surface area contributed by atoms with Crippen LogP contribution in [0.1, 0.15) is 0 Å². The Kier molecular flexibility index (Phi) is 19.6. The first-order valence-electron chi connectivity index (χ1n) is 51.0. The molecule has 0 bridgehead atoms. The standard InChI is InChI=1S/2C48H30NOP.C44H28NOP/c50-51(32-17-2-1-3-18-32)43-28-13-11-25-41(43)46-44(51)30-29-40-34-20-10-12-27-42(34)49(48(40)46)47-38-23-8-6-21-36(38)45(37-22-7-9-24-39(37)47)35-26-14-16-31-15-4-5-19-33(31)35;50-51(34-16-2-1-3-17-34)43-25-13-11-23-41(43)46-44(51)29-28-40-35-18-10-12-24-42(35)49(48(40)46)47-38-21-8-6-19-36(38)45(37-20-7-9-22-39(37)47)33-27-26-31-14-4-5-15-32(31)30-33;46-47(30-17-5-2-6-18-30)39-26-14-12-24-37(39)42-40(47)28-27-36-31-19-11-13-25-38(31)45(44(36)42)43-34-22-9-7-20-32(34)41(29-15-3-1-4-16-29)33-21-8-10-23-35(33)43/h2*1-30H;1-28H. The van der Waals surface area contributed by atoms with Gasteiger partial charge < -0.3 is 27.4 Å². The van der Waals surface area contributed by atoms with Gasteiger partial charge in [-0.25, -0.2) is 0 Å². The normalized spacial score (nSPS) is 15.3. The zero-order chi connectivity index (χ0) is 98.5. The lowest BCUT2D eigenvalue weighted by atomic mass is 9.88. The summed E-state index contributed by atoms with van der Waals surface area (Å²) in [6.45, 7) is 0. The van der Waals surface area contributed by atoms with Gasteiger partial charge in [-0.2, -0.15) is 0 Å². The van der Waals surface area contributed by atoms with Gasteiger partial charge in [0.15, 0.2) is 21.4 Å². The fraction of sp³-hybridized carbons (Fsp3) is 0. The van der Waals surface area contributed by atoms with Crippen molar-refractivity contribution in [2.75, 3.05) is 0 Å². The highest BCUT2D eigenvalue weighted by Crippen LogP contribution is 2.61. The van der Waals surface area contributed by atoms with E-state index in [0.29, 0.717) is 0 Å². The second-order valence-electron chi connectivity index (χ2n) is 39.4. The smallest absolute Gasteiger partial charge is 0.172 e. The van der Waals surface area contributed by atoms with E-state index in [9.17, 15) is 0 Å². The summed E-state index contributed by atoms with van der Waals surface area (Å²) in [7, 11) is -9.40. The molecule has 26 aromatic carbocycles. The van der Waals surface area contributed by atoms with Crippen molar-refractivity contribution in [3.8, 4) is 83.8 Å². The highest BCUT2D eigenvalue weighted by atomic mass is 31.2. The molecule has 0 fully saturated rings. The molecular weight excluding hydrogens is 1860 g/mol. The predicted molar refractivity (Wildman–Crippen MR) is 634 cm³/mol. The number of benzene rings is 26. The first-order valence-corrected chi connectivity index (χ1v) is 56.1. The summed E-state index contributed by atoms with van der Waals surface area (Å²) in [5.74, 6) is 0. The van der Waals surface area contributed by atoms with Gasteiger partial charge in [0.2, 0.25) is 0 Å². The molecule has 3 aliphatic heterocycles. The van der Waals surface area contributed by atoms with E-state index in [1.54, 1.807) is 0 Å². The minimum Gasteiger partial charge on any atom is -0.309 e. The molecular formula is C140H88N3O3P3. The van der Waals surface area contributed by atoms with Gasteiger partial charge in [-0.15, -0.1) is 0 Å². The van der Waals surface area contributed by atoms with Crippen molar-refractivity contribution < 1.29 is 13.7 Å². The van der Waals surface area contributed by atoms with E-state index in [-0.39, 0.29) is 0 Å². The van der Waals surface area contributed by atoms with Crippen LogP contribution in [0.5, 0.6) is 0 Å². The van der Waals surface area contributed by atoms with E-state index in [0.717, 1.165) is 147 Å². The van der Waals surface area contributed by atoms with Gasteiger partial charge in [-0.1, -0.05) is 491 Å². The van der Waals surface area contributed by atoms with Gasteiger partial charge in [-0.3, -0.25) is 0 Å². The van der Waals surface area contributed by atoms with Crippen LogP contribution in [0, 0.1) is 0 Å². The predicted octanol–water partition coefficient (Wildman–Crippen LogP) is 33.4. The number of rotatable bonds is 9. The van der Waals surface area contributed by atoms with Crippen LogP contribution in [0.2, 0.25) is 0 Å². The highest BCUT2D eigenvalue weighted by molar-refractivity contribution is 7.87. The van der Waals surface area contributed by atoms with Crippen LogP contribution in [0.4, 0.5) is 0 Å². The second-order valence-corrected chi connectivity index (χ2v) is 47.5. The second kappa shape index (κ2) is 33.7. The van der Waals surface area contributed by atoms with Gasteiger partial charge >= 0.3 is 0 Å². The highest BCUT2D eigenvalue weighted by Gasteiger charge is 2.46. The lowest BCUT2D eigenvalue weighted by Gasteiger charge is -2.21. The molecule has 0 saturated heterocycles. The Morgan fingerprint density at radius 2 is 0.396 bits per heavy atom. The Morgan fingerprint density at radius 1 is 0.141 bits per heavy atom. The van der Waals surface area contributed by atoms with E-state index < -0.39 is 21.4 Å². The van der Waals surface area contributed by atoms with E-state index in [2.05, 4.69) is 438 Å². The van der Waals surface area contributed by atoms with Crippen LogP contribution in [-0.4, -0.2) is 13.7 Å². The molecule has 9 heteroatoms. The Morgan fingerprint density at radius 3 is 0.752 bits per heavy atom. The number of fused-ring (bicyclic) bond motifs is 29. The van der Waals surface area contributed by atoms with Crippen LogP contribution in [0.15, 0.2) is 534 Å². The number of hydrogen-bond acceptors (Lipinski definition) is 3. The molecule has 0 N–H and O–H groups in total. The molecule has 3 unspecified atom stereocenters. The molecule has 6 heterocycles. The summed E-state index contributed by atoms with van der Waals surface area (Å²) >= 11 is 0. The first-order chi connectivity index (χ1) is 73.7. The third-order valence-electron chi connectivity index (χ3n) is 31.9. The van der Waals surface area contributed by atoms with E-state index >= 15 is 13.7 Å². The summed E-state index contributed by atoms with van der Waals surface area (Å²) in [5.41, 5.74) is 23.9. The van der Waals surface area contributed by atoms with Crippen LogP contribution in [-0.2, 0) is 13.7 Å². The Labute approximate surface area is 859 Å². The molecule has 3 atom stereocenters. The van der Waals surface area contributed by atoms with Crippen LogP contribution >= 0.6 is 21.4 Å². The maximum Gasteiger partial charge on any atom is 0.172 e. The Bertz CT molecular complexity index is 10800. The lowest BCUT2D eigenvalue weighted by Crippen LogP contribution is -2.20. The minimum atomic E-state index is -3.14. The van der Waals surface area contributed by atoms with Gasteiger partial charge in [0, 0.05) is 129 Å². The van der Waals surface area contributed by atoms with Crippen LogP contribution < -0.4 is 47.7 Å². The molecule has 0 spiro atoms. The first kappa shape index (κ1) is 86.4. The molecule has 29 aromatic rings. The van der Waals surface area contributed by atoms with Crippen LogP contribution in [0.3, 0.4) is 0 Å². The summed E-state index contributed by atoms with van der Waals surface area (Å²) < 4.78 is 54.4. The van der Waals surface area contributed by atoms with Gasteiger partial charge in [0.1, 0.15) is 0 Å². The van der Waals surface area contributed by atoms with E-state index in [1.807, 2.05) is 109 Å². The van der Waals surface area contributed by atoms with Gasteiger partial charge in [0.05, 0.1) is 50.2 Å². The number of para-hydroxylation sites is 3. The van der Waals surface area contributed by atoms with E-state index in [4.69, 9.17) is 0 Å². The zero-order valence-electron chi connectivity index (χ0n) is 80.7. The average molecular weight is 1950 g/mol. The number of hydrogen-bond donors (Lipinski definition) is 0. The van der Waals surface area contributed by atoms with Gasteiger partial charge in [0.25, 0.3) is 0 Å². The molecule has 0 saturated carbocycles. The molecule has 3 aliphatic rings. The van der Waals surface area contributed by atoms with Crippen molar-refractivity contribution in [1.29, 1.82) is 0 Å². The van der Waals surface area contributed by atoms with Crippen molar-refractivity contribution in [2.24, 2.45) is 0 Å². The van der Waals surface area contributed by atoms with Crippen molar-refractivity contribution in [1.82, 2.24) is 13.7 Å². The molecule has 696 valence electrons. The summed E-state index contributed by atoms with van der Waals surface area (Å²) in [5, 5.41) is 34.4. The van der Waals surface area contributed by atoms with Crippen molar-refractivity contribution in [2.45, 2.75) is 0 Å². The van der Waals surface area contributed by atoms with E-state index in [1.165, 1.54) is 136 Å². The largest absolute Gasteiger partial charge is 0.309 e. The average Bonchev–Trinajstić information content (AvgIpc) is 1.53. The van der Waals surface area contributed by atoms with Gasteiger partial charge in [-0.05, 0) is 146 Å². The maximum absolute atomic E-state index is 15.7. The summed E-state index contributed by atoms with van der Waals surface area (Å²) in [4.78, 5) is 0.